The number of hydrogen-bond donors (Lipinski definition) is 2. The third kappa shape index (κ3) is 5.71. The predicted octanol–water partition coefficient (Wildman–Crippen LogP) is 2.48. The summed E-state index contributed by atoms with van der Waals surface area (Å²) in [7, 11) is 0. The predicted molar refractivity (Wildman–Crippen MR) is 79.6 cm³/mol. The number of ether oxygens (including phenoxy) is 1. The highest BCUT2D eigenvalue weighted by molar-refractivity contribution is 5.73. The Kier molecular flexibility index (Phi) is 5.99. The highest BCUT2D eigenvalue weighted by Crippen LogP contribution is 2.18. The standard InChI is InChI=1S/C16H23FN2O2/c1-12-9-14(6-8-21-12)11-19-16(20)18-7-5-13-3-2-4-15(17)10-13/h2-4,10,12,14H,5-9,11H2,1H3,(H2,18,19,20)/t12-,14-/m1/s1. The van der Waals surface area contributed by atoms with Crippen molar-refractivity contribution in [1.29, 1.82) is 0 Å². The second-order valence-corrected chi connectivity index (χ2v) is 5.59. The fourth-order valence-electron chi connectivity index (χ4n) is 2.59. The molecule has 1 fully saturated rings. The number of urea groups is 1. The van der Waals surface area contributed by atoms with E-state index in [0.717, 1.165) is 25.0 Å². The molecule has 0 aliphatic carbocycles. The summed E-state index contributed by atoms with van der Waals surface area (Å²) in [4.78, 5) is 11.7. The Morgan fingerprint density at radius 3 is 3.05 bits per heavy atom. The lowest BCUT2D eigenvalue weighted by molar-refractivity contribution is 0.00346. The van der Waals surface area contributed by atoms with Crippen molar-refractivity contribution < 1.29 is 13.9 Å². The highest BCUT2D eigenvalue weighted by Gasteiger charge is 2.19. The molecule has 0 bridgehead atoms. The Hall–Kier alpha value is -1.62. The molecule has 0 unspecified atom stereocenters. The Balaban J connectivity index is 1.61. The lowest BCUT2D eigenvalue weighted by atomic mass is 9.96. The Morgan fingerprint density at radius 1 is 1.43 bits per heavy atom. The third-order valence-electron chi connectivity index (χ3n) is 3.73. The van der Waals surface area contributed by atoms with Crippen LogP contribution in [-0.2, 0) is 11.2 Å². The van der Waals surface area contributed by atoms with Crippen LogP contribution in [0.4, 0.5) is 9.18 Å². The van der Waals surface area contributed by atoms with E-state index in [2.05, 4.69) is 17.6 Å². The van der Waals surface area contributed by atoms with Crippen molar-refractivity contribution >= 4 is 6.03 Å². The minimum absolute atomic E-state index is 0.162. The van der Waals surface area contributed by atoms with Gasteiger partial charge in [-0.3, -0.25) is 0 Å². The molecule has 2 amide bonds. The van der Waals surface area contributed by atoms with Crippen LogP contribution in [-0.4, -0.2) is 31.8 Å². The van der Waals surface area contributed by atoms with Gasteiger partial charge in [0.2, 0.25) is 0 Å². The smallest absolute Gasteiger partial charge is 0.314 e. The number of carbonyl (C=O) groups excluding carboxylic acids is 1. The Labute approximate surface area is 125 Å². The van der Waals surface area contributed by atoms with Crippen LogP contribution in [0.25, 0.3) is 0 Å². The first-order valence-electron chi connectivity index (χ1n) is 7.51. The number of halogens is 1. The highest BCUT2D eigenvalue weighted by atomic mass is 19.1. The van der Waals surface area contributed by atoms with E-state index < -0.39 is 0 Å². The van der Waals surface area contributed by atoms with E-state index in [1.165, 1.54) is 12.1 Å². The molecular formula is C16H23FN2O2. The van der Waals surface area contributed by atoms with Crippen molar-refractivity contribution in [3.8, 4) is 0 Å². The number of carbonyl (C=O) groups is 1. The monoisotopic (exact) mass is 294 g/mol. The van der Waals surface area contributed by atoms with E-state index in [9.17, 15) is 9.18 Å². The summed E-state index contributed by atoms with van der Waals surface area (Å²) in [6.07, 6.45) is 2.89. The van der Waals surface area contributed by atoms with Crippen molar-refractivity contribution in [3.05, 3.63) is 35.6 Å². The SMILES string of the molecule is C[C@@H]1C[C@H](CNC(=O)NCCc2cccc(F)c2)CCO1. The lowest BCUT2D eigenvalue weighted by Crippen LogP contribution is -2.40. The second kappa shape index (κ2) is 7.98. The van der Waals surface area contributed by atoms with Crippen molar-refractivity contribution in [2.45, 2.75) is 32.3 Å². The van der Waals surface area contributed by atoms with E-state index in [4.69, 9.17) is 4.74 Å². The largest absolute Gasteiger partial charge is 0.378 e. The van der Waals surface area contributed by atoms with Crippen LogP contribution in [0.15, 0.2) is 24.3 Å². The molecule has 1 aromatic carbocycles. The van der Waals surface area contributed by atoms with Crippen LogP contribution in [0, 0.1) is 11.7 Å². The number of amides is 2. The van der Waals surface area contributed by atoms with Crippen LogP contribution in [0.2, 0.25) is 0 Å². The number of nitrogens with one attached hydrogen (secondary N) is 2. The van der Waals surface area contributed by atoms with E-state index in [0.29, 0.717) is 25.4 Å². The van der Waals surface area contributed by atoms with Crippen LogP contribution in [0.1, 0.15) is 25.3 Å². The minimum atomic E-state index is -0.245. The van der Waals surface area contributed by atoms with Gasteiger partial charge in [0.05, 0.1) is 6.10 Å². The first-order valence-corrected chi connectivity index (χ1v) is 7.51. The summed E-state index contributed by atoms with van der Waals surface area (Å²) in [6, 6.07) is 6.27. The Bertz CT molecular complexity index is 467. The Morgan fingerprint density at radius 2 is 2.29 bits per heavy atom. The summed E-state index contributed by atoms with van der Waals surface area (Å²) < 4.78 is 18.5. The van der Waals surface area contributed by atoms with Crippen molar-refractivity contribution in [1.82, 2.24) is 10.6 Å². The van der Waals surface area contributed by atoms with Gasteiger partial charge >= 0.3 is 6.03 Å². The average molecular weight is 294 g/mol. The maximum absolute atomic E-state index is 13.0. The van der Waals surface area contributed by atoms with Crippen LogP contribution in [0.5, 0.6) is 0 Å². The van der Waals surface area contributed by atoms with Gasteiger partial charge in [-0.1, -0.05) is 12.1 Å². The number of hydrogen-bond acceptors (Lipinski definition) is 2. The molecule has 116 valence electrons. The molecule has 4 nitrogen and oxygen atoms in total. The first-order chi connectivity index (χ1) is 10.1. The quantitative estimate of drug-likeness (QED) is 0.876. The maximum atomic E-state index is 13.0. The lowest BCUT2D eigenvalue weighted by Gasteiger charge is -2.27. The second-order valence-electron chi connectivity index (χ2n) is 5.59. The zero-order valence-electron chi connectivity index (χ0n) is 12.4. The van der Waals surface area contributed by atoms with E-state index in [1.54, 1.807) is 6.07 Å². The molecule has 0 radical (unpaired) electrons. The zero-order chi connectivity index (χ0) is 15.1. The van der Waals surface area contributed by atoms with Gasteiger partial charge in [-0.25, -0.2) is 9.18 Å². The molecule has 2 rings (SSSR count). The van der Waals surface area contributed by atoms with Gasteiger partial charge in [0.25, 0.3) is 0 Å². The summed E-state index contributed by atoms with van der Waals surface area (Å²) in [5, 5.41) is 5.69. The third-order valence-corrected chi connectivity index (χ3v) is 3.73. The molecule has 0 spiro atoms. The van der Waals surface area contributed by atoms with E-state index in [1.807, 2.05) is 6.07 Å². The fourth-order valence-corrected chi connectivity index (χ4v) is 2.59. The van der Waals surface area contributed by atoms with Crippen LogP contribution >= 0.6 is 0 Å². The molecule has 2 N–H and O–H groups in total. The summed E-state index contributed by atoms with van der Waals surface area (Å²) in [5.74, 6) is 0.244. The van der Waals surface area contributed by atoms with Crippen LogP contribution in [0.3, 0.4) is 0 Å². The molecule has 1 aliphatic rings. The molecule has 1 heterocycles. The van der Waals surface area contributed by atoms with Gasteiger partial charge < -0.3 is 15.4 Å². The van der Waals surface area contributed by atoms with E-state index >= 15 is 0 Å². The minimum Gasteiger partial charge on any atom is -0.378 e. The summed E-state index contributed by atoms with van der Waals surface area (Å²) in [5.41, 5.74) is 0.883. The van der Waals surface area contributed by atoms with Crippen molar-refractivity contribution in [2.75, 3.05) is 19.7 Å². The molecule has 5 heteroatoms. The number of rotatable bonds is 5. The molecule has 0 saturated carbocycles. The fraction of sp³-hybridized carbons (Fsp3) is 0.562. The molecule has 21 heavy (non-hydrogen) atoms. The summed E-state index contributed by atoms with van der Waals surface area (Å²) in [6.45, 7) is 4.01. The van der Waals surface area contributed by atoms with Gasteiger partial charge in [-0.2, -0.15) is 0 Å². The van der Waals surface area contributed by atoms with Crippen LogP contribution < -0.4 is 10.6 Å². The average Bonchev–Trinajstić information content (AvgIpc) is 2.45. The summed E-state index contributed by atoms with van der Waals surface area (Å²) >= 11 is 0. The van der Waals surface area contributed by atoms with Gasteiger partial charge in [0, 0.05) is 19.7 Å². The van der Waals surface area contributed by atoms with Gasteiger partial charge in [0.15, 0.2) is 0 Å². The first kappa shape index (κ1) is 15.8. The van der Waals surface area contributed by atoms with E-state index in [-0.39, 0.29) is 18.0 Å². The molecule has 1 aromatic rings. The van der Waals surface area contributed by atoms with Gasteiger partial charge in [-0.15, -0.1) is 0 Å². The van der Waals surface area contributed by atoms with Gasteiger partial charge in [-0.05, 0) is 49.8 Å². The van der Waals surface area contributed by atoms with Crippen molar-refractivity contribution in [2.24, 2.45) is 5.92 Å². The molecule has 1 saturated heterocycles. The molecule has 0 aromatic heterocycles. The maximum Gasteiger partial charge on any atom is 0.314 e. The molecular weight excluding hydrogens is 271 g/mol. The molecule has 1 aliphatic heterocycles. The van der Waals surface area contributed by atoms with Gasteiger partial charge in [0.1, 0.15) is 5.82 Å². The van der Waals surface area contributed by atoms with Crippen molar-refractivity contribution in [3.63, 3.8) is 0 Å². The normalized spacial score (nSPS) is 21.8. The molecule has 2 atom stereocenters. The zero-order valence-corrected chi connectivity index (χ0v) is 12.4. The number of benzene rings is 1. The topological polar surface area (TPSA) is 50.4 Å².